The van der Waals surface area contributed by atoms with Gasteiger partial charge in [-0.2, -0.15) is 0 Å². The van der Waals surface area contributed by atoms with Gasteiger partial charge in [0.2, 0.25) is 30.1 Å². The molecule has 0 bridgehead atoms. The fraction of sp³-hybridized carbons (Fsp3) is 0.353. The van der Waals surface area contributed by atoms with Crippen LogP contribution in [0.5, 0.6) is 0 Å². The third-order valence-corrected chi connectivity index (χ3v) is 17.8. The Hall–Kier alpha value is -3.83. The van der Waals surface area contributed by atoms with Gasteiger partial charge in [-0.1, -0.05) is 89.4 Å². The minimum Gasteiger partial charge on any atom is -0.423 e. The molecule has 0 spiro atoms. The largest absolute Gasteiger partial charge is 0.489 e. The fourth-order valence-electron chi connectivity index (χ4n) is 7.65. The molecule has 3 aliphatic rings. The molecule has 73 heavy (non-hydrogen) atoms. The van der Waals surface area contributed by atoms with E-state index in [1.807, 2.05) is 66.7 Å². The van der Waals surface area contributed by atoms with Crippen molar-refractivity contribution in [3.63, 3.8) is 0 Å². The summed E-state index contributed by atoms with van der Waals surface area (Å²) in [7, 11) is -11.2. The SMILES string of the molecule is CCS(=O)(=O)NC(c1cncc(-c2ccccc2Cl)c1)C1CC1.CCS(=O)(=O)NC(c1cncc(-c2ccccc2Cl)c1)C1CC1.CCS(=O)(=O)NC(c1cncc(Br)c1)C1CC1.OB(O)c1ccccc1Cl. The lowest BCUT2D eigenvalue weighted by molar-refractivity contribution is 0.426. The minimum absolute atomic E-state index is 0.0772. The minimum atomic E-state index is -3.26. The first-order chi connectivity index (χ1) is 34.7. The number of nitrogens with one attached hydrogen (secondary N) is 3. The second kappa shape index (κ2) is 26.8. The van der Waals surface area contributed by atoms with Crippen LogP contribution in [0.25, 0.3) is 22.3 Å². The second-order valence-electron chi connectivity index (χ2n) is 17.8. The van der Waals surface area contributed by atoms with Crippen molar-refractivity contribution in [2.75, 3.05) is 17.3 Å². The average Bonchev–Trinajstić information content (AvgIpc) is 4.20. The standard InChI is InChI=1S/2C17H19ClN2O2S.C11H15BrN2O2S.C6H6BClO2/c2*1-2-23(21,22)20-17(12-7-8-12)14-9-13(10-19-11-14)15-5-3-4-6-16(15)18;1-2-17(15,16)14-11(8-3-4-8)9-5-10(12)7-13-6-9;8-6-4-2-1-3-5(6)7(9)10/h2*3-6,9-12,17,20H,2,7-8H2,1H3;5-8,11,14H,2-4H2,1H3;1-4,9-10H. The monoisotopic (exact) mass is 1170 g/mol. The van der Waals surface area contributed by atoms with Crippen LogP contribution in [0.15, 0.2) is 133 Å². The van der Waals surface area contributed by atoms with Gasteiger partial charge in [0.25, 0.3) is 0 Å². The van der Waals surface area contributed by atoms with Gasteiger partial charge in [0.15, 0.2) is 0 Å². The third kappa shape index (κ3) is 18.2. The highest BCUT2D eigenvalue weighted by molar-refractivity contribution is 9.10. The lowest BCUT2D eigenvalue weighted by Gasteiger charge is -2.19. The van der Waals surface area contributed by atoms with E-state index in [0.29, 0.717) is 38.3 Å². The predicted molar refractivity (Wildman–Crippen MR) is 297 cm³/mol. The summed E-state index contributed by atoms with van der Waals surface area (Å²) in [5.74, 6) is 1.37. The molecule has 22 heteroatoms. The van der Waals surface area contributed by atoms with E-state index in [1.54, 1.807) is 82.2 Å². The van der Waals surface area contributed by atoms with Crippen molar-refractivity contribution in [3.05, 3.63) is 164 Å². The average molecular weight is 1180 g/mol. The van der Waals surface area contributed by atoms with Crippen LogP contribution < -0.4 is 19.6 Å². The fourth-order valence-corrected chi connectivity index (χ4v) is 11.4. The molecular formula is C51H59BBrCl3N6O8S3. The van der Waals surface area contributed by atoms with Crippen LogP contribution in [0, 0.1) is 17.8 Å². The van der Waals surface area contributed by atoms with Gasteiger partial charge in [-0.05, 0) is 146 Å². The van der Waals surface area contributed by atoms with Crippen molar-refractivity contribution in [3.8, 4) is 22.3 Å². The Bertz CT molecular complexity index is 3000. The number of aromatic nitrogens is 3. The van der Waals surface area contributed by atoms with E-state index in [2.05, 4.69) is 45.0 Å². The number of benzene rings is 3. The first-order valence-corrected chi connectivity index (χ1v) is 30.7. The van der Waals surface area contributed by atoms with Crippen LogP contribution in [0.3, 0.4) is 0 Å². The second-order valence-corrected chi connectivity index (χ2v) is 26.1. The van der Waals surface area contributed by atoms with Gasteiger partial charge in [-0.25, -0.2) is 39.4 Å². The Morgan fingerprint density at radius 3 is 1.15 bits per heavy atom. The highest BCUT2D eigenvalue weighted by atomic mass is 79.9. The Labute approximate surface area is 453 Å². The molecule has 0 aliphatic heterocycles. The van der Waals surface area contributed by atoms with Crippen LogP contribution >= 0.6 is 50.7 Å². The molecule has 14 nitrogen and oxygen atoms in total. The van der Waals surface area contributed by atoms with Gasteiger partial charge in [0.1, 0.15) is 0 Å². The lowest BCUT2D eigenvalue weighted by atomic mass is 9.80. The normalized spacial score (nSPS) is 15.7. The highest BCUT2D eigenvalue weighted by Crippen LogP contribution is 2.44. The van der Waals surface area contributed by atoms with Gasteiger partial charge in [-0.3, -0.25) is 15.0 Å². The molecule has 3 saturated carbocycles. The number of pyridine rings is 3. The molecule has 6 aromatic rings. The van der Waals surface area contributed by atoms with Gasteiger partial charge in [0.05, 0.1) is 35.4 Å². The maximum Gasteiger partial charge on any atom is 0.489 e. The quantitative estimate of drug-likeness (QED) is 0.0510. The lowest BCUT2D eigenvalue weighted by Crippen LogP contribution is -2.31. The number of nitrogens with zero attached hydrogens (tertiary/aromatic N) is 3. The topological polar surface area (TPSA) is 218 Å². The summed E-state index contributed by atoms with van der Waals surface area (Å²) in [6.45, 7) is 4.93. The van der Waals surface area contributed by atoms with Gasteiger partial charge in [-0.15, -0.1) is 0 Å². The van der Waals surface area contributed by atoms with Crippen LogP contribution in [0.4, 0.5) is 0 Å². The zero-order valence-electron chi connectivity index (χ0n) is 40.5. The highest BCUT2D eigenvalue weighted by Gasteiger charge is 2.37. The number of hydrogen-bond donors (Lipinski definition) is 5. The van der Waals surface area contributed by atoms with Crippen molar-refractivity contribution in [2.24, 2.45) is 17.8 Å². The Morgan fingerprint density at radius 1 is 0.521 bits per heavy atom. The molecule has 3 atom stereocenters. The maximum atomic E-state index is 12.0. The molecular weight excluding hydrogens is 1120 g/mol. The smallest absolute Gasteiger partial charge is 0.423 e. The van der Waals surface area contributed by atoms with Crippen LogP contribution in [-0.2, 0) is 30.1 Å². The summed E-state index contributed by atoms with van der Waals surface area (Å²) in [5, 5.41) is 19.0. The summed E-state index contributed by atoms with van der Waals surface area (Å²) in [6.07, 6.45) is 16.7. The van der Waals surface area contributed by atoms with Gasteiger partial charge >= 0.3 is 7.12 Å². The molecule has 0 radical (unpaired) electrons. The van der Waals surface area contributed by atoms with E-state index in [-0.39, 0.29) is 35.4 Å². The first kappa shape index (κ1) is 58.4. The third-order valence-electron chi connectivity index (χ3n) is 12.2. The van der Waals surface area contributed by atoms with E-state index in [9.17, 15) is 25.3 Å². The van der Waals surface area contributed by atoms with E-state index in [1.165, 1.54) is 0 Å². The Kier molecular flexibility index (Phi) is 21.4. The molecule has 3 aliphatic carbocycles. The molecule has 3 unspecified atom stereocenters. The van der Waals surface area contributed by atoms with Gasteiger partial charge < -0.3 is 10.0 Å². The summed E-state index contributed by atoms with van der Waals surface area (Å²) >= 11 is 21.5. The van der Waals surface area contributed by atoms with E-state index >= 15 is 0 Å². The molecule has 3 fully saturated rings. The summed E-state index contributed by atoms with van der Waals surface area (Å²) < 4.78 is 80.5. The van der Waals surface area contributed by atoms with E-state index in [0.717, 1.165) is 81.9 Å². The molecule has 3 heterocycles. The number of rotatable bonds is 18. The van der Waals surface area contributed by atoms with Crippen molar-refractivity contribution in [2.45, 2.75) is 77.4 Å². The van der Waals surface area contributed by atoms with Crippen molar-refractivity contribution >= 4 is 93.4 Å². The predicted octanol–water partition coefficient (Wildman–Crippen LogP) is 9.84. The summed E-state index contributed by atoms with van der Waals surface area (Å²) in [6, 6.07) is 27.1. The molecule has 9 rings (SSSR count). The van der Waals surface area contributed by atoms with Crippen molar-refractivity contribution in [1.29, 1.82) is 0 Å². The van der Waals surface area contributed by atoms with E-state index in [4.69, 9.17) is 44.9 Å². The zero-order chi connectivity index (χ0) is 52.9. The molecule has 0 amide bonds. The van der Waals surface area contributed by atoms with Crippen LogP contribution in [0.1, 0.15) is 94.1 Å². The summed E-state index contributed by atoms with van der Waals surface area (Å²) in [4.78, 5) is 12.7. The molecule has 3 aromatic carbocycles. The van der Waals surface area contributed by atoms with Crippen molar-refractivity contribution in [1.82, 2.24) is 29.1 Å². The Balaban J connectivity index is 0.000000165. The van der Waals surface area contributed by atoms with Crippen LogP contribution in [0.2, 0.25) is 15.1 Å². The molecule has 3 aromatic heterocycles. The summed E-state index contributed by atoms with van der Waals surface area (Å²) in [5.41, 5.74) is 6.64. The van der Waals surface area contributed by atoms with Crippen LogP contribution in [-0.4, -0.2) is 74.6 Å². The Morgan fingerprint density at radius 2 is 0.849 bits per heavy atom. The van der Waals surface area contributed by atoms with E-state index < -0.39 is 37.2 Å². The number of hydrogen-bond acceptors (Lipinski definition) is 11. The number of sulfonamides is 3. The zero-order valence-corrected chi connectivity index (χ0v) is 46.8. The van der Waals surface area contributed by atoms with Gasteiger partial charge in [0, 0.05) is 84.4 Å². The maximum absolute atomic E-state index is 12.0. The molecule has 5 N–H and O–H groups in total. The molecule has 390 valence electrons. The first-order valence-electron chi connectivity index (χ1n) is 23.8. The molecule has 0 saturated heterocycles. The number of halogens is 4. The van der Waals surface area contributed by atoms with Crippen molar-refractivity contribution < 1.29 is 35.3 Å².